The van der Waals surface area contributed by atoms with Crippen LogP contribution in [-0.2, 0) is 0 Å². The number of nitrogens with one attached hydrogen (secondary N) is 1. The van der Waals surface area contributed by atoms with Crippen molar-refractivity contribution < 1.29 is 4.92 Å². The maximum Gasteiger partial charge on any atom is 0.294 e. The fraction of sp³-hybridized carbons (Fsp3) is 0.600. The van der Waals surface area contributed by atoms with Crippen LogP contribution in [0.2, 0.25) is 5.02 Å². The van der Waals surface area contributed by atoms with Crippen molar-refractivity contribution in [3.8, 4) is 0 Å². The Morgan fingerprint density at radius 3 is 2.67 bits per heavy atom. The van der Waals surface area contributed by atoms with Gasteiger partial charge in [0.05, 0.1) is 4.92 Å². The number of piperidine rings is 1. The maximum atomic E-state index is 11.3. The number of halogens is 1. The van der Waals surface area contributed by atoms with Crippen molar-refractivity contribution in [1.82, 2.24) is 5.32 Å². The zero-order valence-electron chi connectivity index (χ0n) is 12.5. The molecule has 0 atom stereocenters. The van der Waals surface area contributed by atoms with Gasteiger partial charge in [-0.2, -0.15) is 0 Å². The highest BCUT2D eigenvalue weighted by atomic mass is 35.5. The van der Waals surface area contributed by atoms with E-state index in [2.05, 4.69) is 24.1 Å². The Balaban J connectivity index is 2.27. The van der Waals surface area contributed by atoms with Gasteiger partial charge in [0.1, 0.15) is 5.69 Å². The molecule has 1 aromatic carbocycles. The third kappa shape index (κ3) is 4.08. The molecule has 1 aliphatic rings. The van der Waals surface area contributed by atoms with Crippen LogP contribution in [-0.4, -0.2) is 30.6 Å². The number of benzene rings is 1. The summed E-state index contributed by atoms with van der Waals surface area (Å²) in [5.74, 6) is 0.573. The average molecular weight is 312 g/mol. The lowest BCUT2D eigenvalue weighted by Crippen LogP contribution is -2.39. The zero-order chi connectivity index (χ0) is 15.4. The van der Waals surface area contributed by atoms with Gasteiger partial charge in [-0.3, -0.25) is 10.1 Å². The molecule has 1 aliphatic heterocycles. The summed E-state index contributed by atoms with van der Waals surface area (Å²) in [6.45, 7) is 7.04. The van der Waals surface area contributed by atoms with E-state index in [9.17, 15) is 10.1 Å². The second-order valence-electron chi connectivity index (χ2n) is 5.83. The highest BCUT2D eigenvalue weighted by Gasteiger charge is 2.25. The molecule has 0 radical (unpaired) electrons. The first-order chi connectivity index (χ1) is 9.99. The molecular weight excluding hydrogens is 290 g/mol. The molecule has 0 aliphatic carbocycles. The molecule has 0 aromatic heterocycles. The molecule has 2 rings (SSSR count). The Morgan fingerprint density at radius 2 is 2.10 bits per heavy atom. The number of nitro groups is 1. The van der Waals surface area contributed by atoms with Crippen molar-refractivity contribution in [2.75, 3.05) is 24.5 Å². The molecule has 1 aromatic rings. The summed E-state index contributed by atoms with van der Waals surface area (Å²) >= 11 is 5.91. The van der Waals surface area contributed by atoms with Crippen LogP contribution < -0.4 is 10.2 Å². The van der Waals surface area contributed by atoms with E-state index in [0.29, 0.717) is 16.6 Å². The molecule has 0 bridgehead atoms. The molecule has 1 heterocycles. The highest BCUT2D eigenvalue weighted by molar-refractivity contribution is 6.30. The first-order valence-corrected chi connectivity index (χ1v) is 7.78. The van der Waals surface area contributed by atoms with Crippen LogP contribution in [0.4, 0.5) is 11.4 Å². The molecule has 1 fully saturated rings. The number of hydrogen-bond acceptors (Lipinski definition) is 4. The standard InChI is InChI=1S/C15H22ClN3O2/c1-11(2)18(10-12-5-7-17-8-6-12)14-4-3-13(16)9-15(14)19(20)21/h3-4,9,11-12,17H,5-8,10H2,1-2H3. The van der Waals surface area contributed by atoms with Gasteiger partial charge in [0.15, 0.2) is 0 Å². The Labute approximate surface area is 130 Å². The van der Waals surface area contributed by atoms with Crippen molar-refractivity contribution in [3.05, 3.63) is 33.3 Å². The molecular formula is C15H22ClN3O2. The third-order valence-corrected chi connectivity index (χ3v) is 4.22. The summed E-state index contributed by atoms with van der Waals surface area (Å²) in [5, 5.41) is 15.1. The molecule has 5 nitrogen and oxygen atoms in total. The van der Waals surface area contributed by atoms with Crippen molar-refractivity contribution in [3.63, 3.8) is 0 Å². The van der Waals surface area contributed by atoms with E-state index in [0.717, 1.165) is 32.5 Å². The largest absolute Gasteiger partial charge is 0.363 e. The number of anilines is 1. The molecule has 0 saturated carbocycles. The fourth-order valence-corrected chi connectivity index (χ4v) is 2.98. The van der Waals surface area contributed by atoms with Gasteiger partial charge in [0.25, 0.3) is 5.69 Å². The number of nitrogens with zero attached hydrogens (tertiary/aromatic N) is 2. The minimum absolute atomic E-state index is 0.0881. The lowest BCUT2D eigenvalue weighted by molar-refractivity contribution is -0.384. The van der Waals surface area contributed by atoms with E-state index in [1.165, 1.54) is 6.07 Å². The van der Waals surface area contributed by atoms with E-state index in [4.69, 9.17) is 11.6 Å². The first kappa shape index (κ1) is 16.0. The second-order valence-corrected chi connectivity index (χ2v) is 6.27. The van der Waals surface area contributed by atoms with E-state index in [1.807, 2.05) is 0 Å². The van der Waals surface area contributed by atoms with Crippen LogP contribution in [0.5, 0.6) is 0 Å². The summed E-state index contributed by atoms with van der Waals surface area (Å²) in [7, 11) is 0. The van der Waals surface area contributed by atoms with E-state index >= 15 is 0 Å². The fourth-order valence-electron chi connectivity index (χ4n) is 2.82. The van der Waals surface area contributed by atoms with Crippen molar-refractivity contribution in [2.45, 2.75) is 32.7 Å². The Kier molecular flexibility index (Phi) is 5.42. The van der Waals surface area contributed by atoms with Crippen molar-refractivity contribution in [2.24, 2.45) is 5.92 Å². The average Bonchev–Trinajstić information content (AvgIpc) is 2.46. The van der Waals surface area contributed by atoms with Crippen LogP contribution in [0.15, 0.2) is 18.2 Å². The summed E-state index contributed by atoms with van der Waals surface area (Å²) in [6, 6.07) is 5.14. The third-order valence-electron chi connectivity index (χ3n) is 3.98. The zero-order valence-corrected chi connectivity index (χ0v) is 13.3. The maximum absolute atomic E-state index is 11.3. The quantitative estimate of drug-likeness (QED) is 0.668. The smallest absolute Gasteiger partial charge is 0.294 e. The number of rotatable bonds is 5. The van der Waals surface area contributed by atoms with Gasteiger partial charge in [0.2, 0.25) is 0 Å². The Morgan fingerprint density at radius 1 is 1.43 bits per heavy atom. The van der Waals surface area contributed by atoms with Gasteiger partial charge < -0.3 is 10.2 Å². The van der Waals surface area contributed by atoms with Gasteiger partial charge in [-0.05, 0) is 57.8 Å². The van der Waals surface area contributed by atoms with Crippen LogP contribution in [0, 0.1) is 16.0 Å². The highest BCUT2D eigenvalue weighted by Crippen LogP contribution is 2.33. The monoisotopic (exact) mass is 311 g/mol. The minimum atomic E-state index is -0.348. The first-order valence-electron chi connectivity index (χ1n) is 7.40. The molecule has 116 valence electrons. The molecule has 0 unspecified atom stereocenters. The SMILES string of the molecule is CC(C)N(CC1CCNCC1)c1ccc(Cl)cc1[N+](=O)[O-]. The predicted octanol–water partition coefficient (Wildman–Crippen LogP) is 3.46. The molecule has 6 heteroatoms. The lowest BCUT2D eigenvalue weighted by atomic mass is 9.96. The molecule has 0 spiro atoms. The van der Waals surface area contributed by atoms with Gasteiger partial charge >= 0.3 is 0 Å². The van der Waals surface area contributed by atoms with Crippen molar-refractivity contribution in [1.29, 1.82) is 0 Å². The van der Waals surface area contributed by atoms with Gasteiger partial charge in [-0.15, -0.1) is 0 Å². The molecule has 1 N–H and O–H groups in total. The summed E-state index contributed by atoms with van der Waals surface area (Å²) in [6.07, 6.45) is 2.23. The number of hydrogen-bond donors (Lipinski definition) is 1. The van der Waals surface area contributed by atoms with Gasteiger partial charge in [0, 0.05) is 23.7 Å². The second kappa shape index (κ2) is 7.09. The molecule has 0 amide bonds. The normalized spacial score (nSPS) is 16.2. The van der Waals surface area contributed by atoms with E-state index < -0.39 is 0 Å². The number of nitro benzene ring substituents is 1. The molecule has 1 saturated heterocycles. The summed E-state index contributed by atoms with van der Waals surface area (Å²) in [4.78, 5) is 13.1. The predicted molar refractivity (Wildman–Crippen MR) is 86.2 cm³/mol. The topological polar surface area (TPSA) is 58.4 Å². The molecule has 21 heavy (non-hydrogen) atoms. The van der Waals surface area contributed by atoms with Crippen LogP contribution in [0.1, 0.15) is 26.7 Å². The van der Waals surface area contributed by atoms with Crippen molar-refractivity contribution >= 4 is 23.0 Å². The Bertz CT molecular complexity index is 502. The van der Waals surface area contributed by atoms with Crippen LogP contribution >= 0.6 is 11.6 Å². The summed E-state index contributed by atoms with van der Waals surface area (Å²) < 4.78 is 0. The van der Waals surface area contributed by atoms with Crippen LogP contribution in [0.25, 0.3) is 0 Å². The van der Waals surface area contributed by atoms with Gasteiger partial charge in [-0.1, -0.05) is 11.6 Å². The minimum Gasteiger partial charge on any atom is -0.363 e. The van der Waals surface area contributed by atoms with E-state index in [-0.39, 0.29) is 16.7 Å². The summed E-state index contributed by atoms with van der Waals surface area (Å²) in [5.41, 5.74) is 0.753. The van der Waals surface area contributed by atoms with E-state index in [1.54, 1.807) is 12.1 Å². The van der Waals surface area contributed by atoms with Gasteiger partial charge in [-0.25, -0.2) is 0 Å². The Hall–Kier alpha value is -1.33. The van der Waals surface area contributed by atoms with Crippen LogP contribution in [0.3, 0.4) is 0 Å². The lowest BCUT2D eigenvalue weighted by Gasteiger charge is -2.34.